The number of benzene rings is 1. The standard InChI is InChI=1S/C23H26N6O7/c1-12(24)20(30)27-17-10-9-14(19(25)26-17)29-28-13-7-5-6-8-15(13)34-21(31)33-11-16-18(23(2,3)4)36-22(32)35-16/h5-10,12H,11,24H2,1-4H3,(H3,25,26,27,30)/b29-28+/t12-/m0/s1. The molecule has 0 bridgehead atoms. The van der Waals surface area contributed by atoms with Crippen LogP contribution in [0.5, 0.6) is 5.75 Å². The Balaban J connectivity index is 1.68. The van der Waals surface area contributed by atoms with Gasteiger partial charge in [-0.05, 0) is 31.2 Å². The molecule has 0 spiro atoms. The third-order valence-corrected chi connectivity index (χ3v) is 4.54. The number of para-hydroxylation sites is 1. The molecule has 1 atom stereocenters. The van der Waals surface area contributed by atoms with Crippen LogP contribution in [0.4, 0.5) is 27.8 Å². The maximum absolute atomic E-state index is 12.3. The van der Waals surface area contributed by atoms with Crippen molar-refractivity contribution in [2.45, 2.75) is 45.8 Å². The van der Waals surface area contributed by atoms with Crippen LogP contribution in [0.3, 0.4) is 0 Å². The van der Waals surface area contributed by atoms with Gasteiger partial charge in [0.2, 0.25) is 5.91 Å². The lowest BCUT2D eigenvalue weighted by molar-refractivity contribution is -0.117. The minimum atomic E-state index is -1.06. The summed E-state index contributed by atoms with van der Waals surface area (Å²) in [5, 5.41) is 10.6. The molecule has 0 saturated carbocycles. The highest BCUT2D eigenvalue weighted by atomic mass is 16.7. The molecule has 3 aromatic rings. The van der Waals surface area contributed by atoms with Gasteiger partial charge in [-0.3, -0.25) is 4.79 Å². The zero-order valence-corrected chi connectivity index (χ0v) is 20.1. The molecule has 2 aromatic heterocycles. The van der Waals surface area contributed by atoms with Gasteiger partial charge in [0, 0.05) is 5.41 Å². The molecular formula is C23H26N6O7. The molecule has 5 N–H and O–H groups in total. The van der Waals surface area contributed by atoms with E-state index < -0.39 is 29.3 Å². The number of pyridine rings is 1. The number of nitrogens with one attached hydrogen (secondary N) is 1. The third-order valence-electron chi connectivity index (χ3n) is 4.54. The van der Waals surface area contributed by atoms with Crippen LogP contribution >= 0.6 is 0 Å². The van der Waals surface area contributed by atoms with Gasteiger partial charge in [-0.2, -0.15) is 0 Å². The molecule has 1 aromatic carbocycles. The van der Waals surface area contributed by atoms with Crippen LogP contribution in [0.1, 0.15) is 39.2 Å². The minimum Gasteiger partial charge on any atom is -0.426 e. The van der Waals surface area contributed by atoms with E-state index in [9.17, 15) is 14.4 Å². The molecule has 36 heavy (non-hydrogen) atoms. The Bertz CT molecular complexity index is 1340. The first-order valence-corrected chi connectivity index (χ1v) is 10.8. The first-order chi connectivity index (χ1) is 16.9. The highest BCUT2D eigenvalue weighted by molar-refractivity contribution is 5.93. The second kappa shape index (κ2) is 10.8. The van der Waals surface area contributed by atoms with Crippen molar-refractivity contribution in [2.24, 2.45) is 16.0 Å². The maximum atomic E-state index is 12.3. The number of nitrogens with two attached hydrogens (primary N) is 2. The highest BCUT2D eigenvalue weighted by Gasteiger charge is 2.27. The number of hydrogen-bond acceptors (Lipinski definition) is 12. The van der Waals surface area contributed by atoms with Crippen molar-refractivity contribution in [3.05, 3.63) is 58.5 Å². The van der Waals surface area contributed by atoms with Gasteiger partial charge in [0.05, 0.1) is 6.04 Å². The van der Waals surface area contributed by atoms with E-state index in [4.69, 9.17) is 29.8 Å². The summed E-state index contributed by atoms with van der Waals surface area (Å²) < 4.78 is 20.3. The van der Waals surface area contributed by atoms with Gasteiger partial charge in [0.15, 0.2) is 29.7 Å². The normalized spacial score (nSPS) is 12.4. The van der Waals surface area contributed by atoms with E-state index in [1.807, 2.05) is 20.8 Å². The second-order valence-electron chi connectivity index (χ2n) is 8.64. The Morgan fingerprint density at radius 3 is 2.47 bits per heavy atom. The van der Waals surface area contributed by atoms with Crippen LogP contribution in [-0.4, -0.2) is 23.1 Å². The zero-order valence-electron chi connectivity index (χ0n) is 20.1. The Kier molecular flexibility index (Phi) is 7.84. The number of carbonyl (C=O) groups excluding carboxylic acids is 2. The Morgan fingerprint density at radius 1 is 1.11 bits per heavy atom. The smallest absolute Gasteiger partial charge is 0.426 e. The molecule has 0 radical (unpaired) electrons. The second-order valence-corrected chi connectivity index (χ2v) is 8.64. The quantitative estimate of drug-likeness (QED) is 0.244. The van der Waals surface area contributed by atoms with Crippen LogP contribution in [0.25, 0.3) is 0 Å². The lowest BCUT2D eigenvalue weighted by Crippen LogP contribution is -2.32. The summed E-state index contributed by atoms with van der Waals surface area (Å²) in [6, 6.07) is 8.62. The number of azo groups is 1. The topological polar surface area (TPSA) is 198 Å². The van der Waals surface area contributed by atoms with Crippen molar-refractivity contribution in [3.63, 3.8) is 0 Å². The Hall–Kier alpha value is -4.52. The van der Waals surface area contributed by atoms with E-state index >= 15 is 0 Å². The van der Waals surface area contributed by atoms with Crippen molar-refractivity contribution >= 4 is 35.1 Å². The number of nitrogen functional groups attached to an aromatic ring is 1. The minimum absolute atomic E-state index is 0.00953. The van der Waals surface area contributed by atoms with Crippen molar-refractivity contribution < 1.29 is 27.9 Å². The molecule has 0 aliphatic carbocycles. The monoisotopic (exact) mass is 498 g/mol. The van der Waals surface area contributed by atoms with Gasteiger partial charge in [0.1, 0.15) is 17.2 Å². The van der Waals surface area contributed by atoms with Crippen molar-refractivity contribution in [2.75, 3.05) is 11.1 Å². The Labute approximate surface area is 205 Å². The fourth-order valence-corrected chi connectivity index (χ4v) is 2.81. The number of ether oxygens (including phenoxy) is 2. The molecule has 0 aliphatic rings. The van der Waals surface area contributed by atoms with Gasteiger partial charge in [0.25, 0.3) is 0 Å². The fourth-order valence-electron chi connectivity index (χ4n) is 2.81. The van der Waals surface area contributed by atoms with Gasteiger partial charge in [-0.25, -0.2) is 14.6 Å². The van der Waals surface area contributed by atoms with Gasteiger partial charge < -0.3 is 35.1 Å². The van der Waals surface area contributed by atoms with Gasteiger partial charge in [-0.15, -0.1) is 10.2 Å². The molecule has 3 rings (SSSR count). The Morgan fingerprint density at radius 2 is 1.81 bits per heavy atom. The average molecular weight is 498 g/mol. The third kappa shape index (κ3) is 6.76. The predicted octanol–water partition coefficient (Wildman–Crippen LogP) is 3.92. The molecule has 0 aliphatic heterocycles. The number of amides is 1. The number of aromatic nitrogens is 1. The maximum Gasteiger partial charge on any atom is 0.519 e. The van der Waals surface area contributed by atoms with E-state index in [2.05, 4.69) is 20.5 Å². The summed E-state index contributed by atoms with van der Waals surface area (Å²) in [5.41, 5.74) is 11.3. The molecule has 13 nitrogen and oxygen atoms in total. The SMILES string of the molecule is C[C@H](N)C(=O)Nc1ccc(/N=N/c2ccccc2OC(=O)OCc2oc(=O)oc2C(C)(C)C)c(N)n1. The van der Waals surface area contributed by atoms with E-state index in [-0.39, 0.29) is 46.9 Å². The van der Waals surface area contributed by atoms with E-state index in [0.29, 0.717) is 0 Å². The summed E-state index contributed by atoms with van der Waals surface area (Å²) in [6.07, 6.45) is -1.06. The largest absolute Gasteiger partial charge is 0.519 e. The number of carbonyl (C=O) groups is 2. The summed E-state index contributed by atoms with van der Waals surface area (Å²) in [4.78, 5) is 39.5. The first kappa shape index (κ1) is 26.1. The van der Waals surface area contributed by atoms with Crippen LogP contribution < -0.4 is 27.3 Å². The summed E-state index contributed by atoms with van der Waals surface area (Å²) in [7, 11) is 0. The first-order valence-electron chi connectivity index (χ1n) is 10.8. The van der Waals surface area contributed by atoms with E-state index in [0.717, 1.165) is 0 Å². The lowest BCUT2D eigenvalue weighted by atomic mass is 9.92. The van der Waals surface area contributed by atoms with Crippen LogP contribution in [0.15, 0.2) is 60.3 Å². The molecule has 13 heteroatoms. The van der Waals surface area contributed by atoms with Gasteiger partial charge >= 0.3 is 12.0 Å². The summed E-state index contributed by atoms with van der Waals surface area (Å²) in [5.74, 6) is -0.679. The average Bonchev–Trinajstić information content (AvgIpc) is 3.19. The molecule has 1 amide bonds. The molecule has 0 saturated heterocycles. The van der Waals surface area contributed by atoms with Crippen LogP contribution in [0, 0.1) is 0 Å². The van der Waals surface area contributed by atoms with Gasteiger partial charge in [-0.1, -0.05) is 32.9 Å². The van der Waals surface area contributed by atoms with E-state index in [1.54, 1.807) is 18.2 Å². The fraction of sp³-hybridized carbons (Fsp3) is 0.304. The van der Waals surface area contributed by atoms with Crippen LogP contribution in [0.2, 0.25) is 0 Å². The number of rotatable bonds is 7. The molecule has 0 fully saturated rings. The summed E-state index contributed by atoms with van der Waals surface area (Å²) >= 11 is 0. The van der Waals surface area contributed by atoms with Crippen molar-refractivity contribution in [3.8, 4) is 5.75 Å². The molecule has 2 heterocycles. The van der Waals surface area contributed by atoms with Crippen molar-refractivity contribution in [1.29, 1.82) is 0 Å². The molecule has 190 valence electrons. The molecule has 0 unspecified atom stereocenters. The number of nitrogens with zero attached hydrogens (tertiary/aromatic N) is 3. The molecular weight excluding hydrogens is 472 g/mol. The van der Waals surface area contributed by atoms with Crippen molar-refractivity contribution in [1.82, 2.24) is 4.98 Å². The van der Waals surface area contributed by atoms with E-state index in [1.165, 1.54) is 25.1 Å². The number of anilines is 2. The van der Waals surface area contributed by atoms with Crippen LogP contribution in [-0.2, 0) is 21.6 Å². The lowest BCUT2D eigenvalue weighted by Gasteiger charge is -2.14. The summed E-state index contributed by atoms with van der Waals surface area (Å²) in [6.45, 7) is 6.62. The number of hydrogen-bond donors (Lipinski definition) is 3. The zero-order chi connectivity index (χ0) is 26.5. The highest BCUT2D eigenvalue weighted by Crippen LogP contribution is 2.31. The predicted molar refractivity (Wildman–Crippen MR) is 128 cm³/mol.